The lowest BCUT2D eigenvalue weighted by Gasteiger charge is -2.55. The molecule has 4 heterocycles. The van der Waals surface area contributed by atoms with E-state index < -0.39 is 0 Å². The van der Waals surface area contributed by atoms with Gasteiger partial charge in [-0.05, 0) is 81.1 Å². The molecule has 2 saturated heterocycles. The van der Waals surface area contributed by atoms with E-state index in [4.69, 9.17) is 4.98 Å². The normalized spacial score (nSPS) is 34.3. The molecule has 1 aromatic heterocycles. The van der Waals surface area contributed by atoms with E-state index in [2.05, 4.69) is 27.4 Å². The maximum atomic E-state index is 14.1. The Hall–Kier alpha value is -2.66. The molecule has 5 heteroatoms. The smallest absolute Gasteiger partial charge is 0.277 e. The Morgan fingerprint density at radius 2 is 1.56 bits per heavy atom. The van der Waals surface area contributed by atoms with Crippen LogP contribution in [0, 0.1) is 11.8 Å². The van der Waals surface area contributed by atoms with Crippen molar-refractivity contribution in [1.29, 1.82) is 0 Å². The van der Waals surface area contributed by atoms with Crippen LogP contribution in [-0.2, 0) is 0 Å². The molecular weight excluding hydrogens is 444 g/mol. The molecule has 4 fully saturated rings. The first-order chi connectivity index (χ1) is 17.6. The Bertz CT molecular complexity index is 1280. The van der Waals surface area contributed by atoms with Gasteiger partial charge in [0.25, 0.3) is 5.56 Å². The summed E-state index contributed by atoms with van der Waals surface area (Å²) in [6, 6.07) is 10.4. The number of hydrogen-bond acceptors (Lipinski definition) is 4. The number of fused-ring (bicyclic) bond motifs is 5. The molecule has 0 spiro atoms. The topological polar surface area (TPSA) is 50.2 Å². The Balaban J connectivity index is 1.24. The Labute approximate surface area is 214 Å². The van der Waals surface area contributed by atoms with Gasteiger partial charge in [-0.2, -0.15) is 0 Å². The highest BCUT2D eigenvalue weighted by atomic mass is 16.1. The second-order valence-electron chi connectivity index (χ2n) is 12.1. The fourth-order valence-electron chi connectivity index (χ4n) is 8.44. The average molecular weight is 483 g/mol. The number of rotatable bonds is 3. The predicted molar refractivity (Wildman–Crippen MR) is 145 cm³/mol. The largest absolute Gasteiger partial charge is 0.361 e. The van der Waals surface area contributed by atoms with Crippen LogP contribution in [0.3, 0.4) is 0 Å². The van der Waals surface area contributed by atoms with Gasteiger partial charge in [-0.3, -0.25) is 9.69 Å². The summed E-state index contributed by atoms with van der Waals surface area (Å²) in [5, 5.41) is 3.16. The van der Waals surface area contributed by atoms with Crippen LogP contribution < -0.4 is 10.9 Å². The molecular formula is C31H38N4O. The molecule has 4 atom stereocenters. The quantitative estimate of drug-likeness (QED) is 0.588. The number of nitrogens with one attached hydrogen (secondary N) is 1. The Kier molecular flexibility index (Phi) is 5.65. The van der Waals surface area contributed by atoms with Gasteiger partial charge in [0.1, 0.15) is 5.69 Å². The Morgan fingerprint density at radius 1 is 0.833 bits per heavy atom. The number of benzene rings is 1. The van der Waals surface area contributed by atoms with Gasteiger partial charge >= 0.3 is 0 Å². The van der Waals surface area contributed by atoms with Crippen LogP contribution in [0.25, 0.3) is 16.6 Å². The zero-order valence-electron chi connectivity index (χ0n) is 21.2. The van der Waals surface area contributed by atoms with E-state index in [0.717, 1.165) is 53.0 Å². The van der Waals surface area contributed by atoms with Crippen LogP contribution in [0.1, 0.15) is 82.4 Å². The van der Waals surface area contributed by atoms with E-state index in [0.29, 0.717) is 17.8 Å². The molecule has 4 bridgehead atoms. The number of hydrogen-bond donors (Lipinski definition) is 1. The summed E-state index contributed by atoms with van der Waals surface area (Å²) in [4.78, 5) is 21.9. The number of piperidine rings is 2. The van der Waals surface area contributed by atoms with Crippen LogP contribution >= 0.6 is 0 Å². The van der Waals surface area contributed by atoms with Gasteiger partial charge in [-0.15, -0.1) is 0 Å². The molecule has 7 rings (SSSR count). The Morgan fingerprint density at radius 3 is 2.28 bits per heavy atom. The minimum Gasteiger partial charge on any atom is -0.361 e. The molecule has 188 valence electrons. The fraction of sp³-hybridized carbons (Fsp3) is 0.548. The highest BCUT2D eigenvalue weighted by Gasteiger charge is 2.45. The molecule has 2 saturated carbocycles. The fourth-order valence-corrected chi connectivity index (χ4v) is 8.44. The SMILES string of the molecule is C=C1C=CC(c2nc3ccccc3n(C3CC4CCCC(C3)N4C3CC4CCCC(C4)C3)c2=O)=CN1. The van der Waals surface area contributed by atoms with Crippen LogP contribution in [0.4, 0.5) is 0 Å². The van der Waals surface area contributed by atoms with Crippen molar-refractivity contribution in [2.45, 2.75) is 94.8 Å². The van der Waals surface area contributed by atoms with E-state index in [-0.39, 0.29) is 11.6 Å². The van der Waals surface area contributed by atoms with Crippen molar-refractivity contribution in [3.05, 3.63) is 70.9 Å². The van der Waals surface area contributed by atoms with Gasteiger partial charge in [-0.25, -0.2) is 4.98 Å². The van der Waals surface area contributed by atoms with Crippen molar-refractivity contribution in [2.24, 2.45) is 11.8 Å². The van der Waals surface area contributed by atoms with Crippen LogP contribution in [0.2, 0.25) is 0 Å². The molecule has 3 aliphatic heterocycles. The minimum absolute atomic E-state index is 0.0441. The molecule has 5 aliphatic rings. The number of para-hydroxylation sites is 2. The van der Waals surface area contributed by atoms with Crippen molar-refractivity contribution in [2.75, 3.05) is 0 Å². The van der Waals surface area contributed by atoms with Crippen molar-refractivity contribution in [3.8, 4) is 0 Å². The average Bonchev–Trinajstić information content (AvgIpc) is 2.88. The first-order valence-corrected chi connectivity index (χ1v) is 14.3. The van der Waals surface area contributed by atoms with Gasteiger partial charge < -0.3 is 9.88 Å². The third-order valence-corrected chi connectivity index (χ3v) is 9.84. The van der Waals surface area contributed by atoms with Crippen LogP contribution in [0.15, 0.2) is 59.7 Å². The first kappa shape index (κ1) is 22.5. The van der Waals surface area contributed by atoms with Crippen LogP contribution in [-0.4, -0.2) is 32.6 Å². The monoisotopic (exact) mass is 482 g/mol. The van der Waals surface area contributed by atoms with Gasteiger partial charge in [0.15, 0.2) is 0 Å². The second-order valence-corrected chi connectivity index (χ2v) is 12.1. The van der Waals surface area contributed by atoms with Gasteiger partial charge in [0.05, 0.1) is 11.0 Å². The highest BCUT2D eigenvalue weighted by molar-refractivity contribution is 5.80. The highest BCUT2D eigenvalue weighted by Crippen LogP contribution is 2.47. The summed E-state index contributed by atoms with van der Waals surface area (Å²) < 4.78 is 2.12. The molecule has 1 N–H and O–H groups in total. The lowest BCUT2D eigenvalue weighted by molar-refractivity contribution is -0.0485. The molecule has 36 heavy (non-hydrogen) atoms. The maximum absolute atomic E-state index is 14.1. The van der Waals surface area contributed by atoms with Crippen molar-refractivity contribution >= 4 is 16.6 Å². The van der Waals surface area contributed by atoms with Crippen LogP contribution in [0.5, 0.6) is 0 Å². The molecule has 2 aromatic rings. The summed E-state index contributed by atoms with van der Waals surface area (Å²) in [6.45, 7) is 3.95. The van der Waals surface area contributed by atoms with Crippen molar-refractivity contribution in [1.82, 2.24) is 19.8 Å². The standard InChI is InChI=1S/C31H38N4O/c1-20-12-13-23(19-32-20)30-31(36)35(29-11-3-2-10-28(29)33-30)27-17-24-8-5-9-25(18-27)34(24)26-15-21-6-4-7-22(14-21)16-26/h2-3,10-13,19,21-22,24-27,32H,1,4-9,14-18H2. The lowest BCUT2D eigenvalue weighted by atomic mass is 9.68. The maximum Gasteiger partial charge on any atom is 0.277 e. The third kappa shape index (κ3) is 3.87. The number of nitrogens with zero attached hydrogens (tertiary/aromatic N) is 3. The van der Waals surface area contributed by atoms with E-state index >= 15 is 0 Å². The zero-order chi connectivity index (χ0) is 24.2. The number of dihydropyridines is 1. The number of aromatic nitrogens is 2. The van der Waals surface area contributed by atoms with Gasteiger partial charge in [0, 0.05) is 41.6 Å². The molecule has 0 amide bonds. The van der Waals surface area contributed by atoms with E-state index in [1.54, 1.807) is 0 Å². The first-order valence-electron chi connectivity index (χ1n) is 14.3. The van der Waals surface area contributed by atoms with Crippen molar-refractivity contribution < 1.29 is 0 Å². The molecule has 5 nitrogen and oxygen atoms in total. The van der Waals surface area contributed by atoms with E-state index in [1.165, 1.54) is 57.8 Å². The minimum atomic E-state index is 0.0441. The predicted octanol–water partition coefficient (Wildman–Crippen LogP) is 5.94. The summed E-state index contributed by atoms with van der Waals surface area (Å²) in [5.41, 5.74) is 4.12. The molecule has 1 aromatic carbocycles. The summed E-state index contributed by atoms with van der Waals surface area (Å²) in [5.74, 6) is 1.91. The van der Waals surface area contributed by atoms with Gasteiger partial charge in [-0.1, -0.05) is 44.4 Å². The summed E-state index contributed by atoms with van der Waals surface area (Å²) >= 11 is 0. The zero-order valence-corrected chi connectivity index (χ0v) is 21.2. The summed E-state index contributed by atoms with van der Waals surface area (Å²) in [6.07, 6.45) is 20.5. The van der Waals surface area contributed by atoms with Crippen molar-refractivity contribution in [3.63, 3.8) is 0 Å². The van der Waals surface area contributed by atoms with E-state index in [9.17, 15) is 4.79 Å². The third-order valence-electron chi connectivity index (χ3n) is 9.84. The van der Waals surface area contributed by atoms with Gasteiger partial charge in [0.2, 0.25) is 0 Å². The molecule has 4 unspecified atom stereocenters. The number of allylic oxidation sites excluding steroid dienone is 3. The molecule has 0 radical (unpaired) electrons. The second kappa shape index (κ2) is 9.02. The summed E-state index contributed by atoms with van der Waals surface area (Å²) in [7, 11) is 0. The van der Waals surface area contributed by atoms with E-state index in [1.807, 2.05) is 36.6 Å². The lowest BCUT2D eigenvalue weighted by Crippen LogP contribution is -2.58. The molecule has 2 aliphatic carbocycles.